The second kappa shape index (κ2) is 11.2. The number of epoxide rings is 1. The fraction of sp³-hybridized carbons (Fsp3) is 0.556. The minimum absolute atomic E-state index is 0.231. The first-order valence-corrected chi connectivity index (χ1v) is 13.5. The van der Waals surface area contributed by atoms with Gasteiger partial charge in [-0.05, 0) is 54.8 Å². The van der Waals surface area contributed by atoms with Crippen molar-refractivity contribution in [2.45, 2.75) is 90.4 Å². The van der Waals surface area contributed by atoms with Gasteiger partial charge in [0.1, 0.15) is 11.9 Å². The second-order valence-corrected chi connectivity index (χ2v) is 10.9. The van der Waals surface area contributed by atoms with Crippen molar-refractivity contribution in [1.82, 2.24) is 14.9 Å². The van der Waals surface area contributed by atoms with Crippen molar-refractivity contribution < 1.29 is 19.7 Å². The third-order valence-corrected chi connectivity index (χ3v) is 7.66. The summed E-state index contributed by atoms with van der Waals surface area (Å²) in [5.41, 5.74) is 2.38. The highest BCUT2D eigenvalue weighted by Gasteiger charge is 2.40. The maximum Gasteiger partial charge on any atom is 0.251 e. The molecular formula is C27H37N3O4S. The van der Waals surface area contributed by atoms with E-state index in [0.29, 0.717) is 24.4 Å². The smallest absolute Gasteiger partial charge is 0.251 e. The van der Waals surface area contributed by atoms with Crippen molar-refractivity contribution in [2.75, 3.05) is 0 Å². The van der Waals surface area contributed by atoms with E-state index in [4.69, 9.17) is 9.72 Å². The van der Waals surface area contributed by atoms with Crippen molar-refractivity contribution >= 4 is 28.3 Å². The van der Waals surface area contributed by atoms with Crippen LogP contribution in [0.2, 0.25) is 0 Å². The Morgan fingerprint density at radius 2 is 2.00 bits per heavy atom. The summed E-state index contributed by atoms with van der Waals surface area (Å²) in [6.45, 7) is 8.51. The average Bonchev–Trinajstić information content (AvgIpc) is 3.18. The van der Waals surface area contributed by atoms with Gasteiger partial charge in [-0.15, -0.1) is 11.3 Å². The van der Waals surface area contributed by atoms with Crippen LogP contribution in [0, 0.1) is 5.92 Å². The van der Waals surface area contributed by atoms with E-state index in [1.165, 1.54) is 4.88 Å². The van der Waals surface area contributed by atoms with Gasteiger partial charge >= 0.3 is 0 Å². The summed E-state index contributed by atoms with van der Waals surface area (Å²) in [5.74, 6) is 1.08. The Balaban J connectivity index is 1.59. The Labute approximate surface area is 211 Å². The predicted octanol–water partition coefficient (Wildman–Crippen LogP) is 4.66. The van der Waals surface area contributed by atoms with E-state index in [1.54, 1.807) is 11.3 Å². The lowest BCUT2D eigenvalue weighted by Crippen LogP contribution is -2.44. The first-order chi connectivity index (χ1) is 16.8. The van der Waals surface area contributed by atoms with E-state index in [0.717, 1.165) is 36.1 Å². The van der Waals surface area contributed by atoms with Crippen LogP contribution in [0.1, 0.15) is 80.5 Å². The number of amides is 1. The van der Waals surface area contributed by atoms with Crippen molar-refractivity contribution in [3.05, 3.63) is 52.0 Å². The molecule has 4 atom stereocenters. The lowest BCUT2D eigenvalue weighted by Gasteiger charge is -2.25. The third kappa shape index (κ3) is 6.12. The molecule has 1 aromatic carbocycles. The Hall–Kier alpha value is -2.26. The van der Waals surface area contributed by atoms with Crippen molar-refractivity contribution in [1.29, 1.82) is 0 Å². The zero-order valence-electron chi connectivity index (χ0n) is 21.0. The van der Waals surface area contributed by atoms with Gasteiger partial charge in [0.15, 0.2) is 6.29 Å². The largest absolute Gasteiger partial charge is 0.391 e. The summed E-state index contributed by atoms with van der Waals surface area (Å²) < 4.78 is 7.38. The summed E-state index contributed by atoms with van der Waals surface area (Å²) in [6, 6.07) is 9.81. The van der Waals surface area contributed by atoms with Crippen LogP contribution < -0.4 is 5.32 Å². The van der Waals surface area contributed by atoms with Gasteiger partial charge < -0.3 is 24.8 Å². The molecule has 1 saturated heterocycles. The number of carbonyl (C=O) groups is 1. The number of fused-ring (bicyclic) bond motifs is 1. The Morgan fingerprint density at radius 3 is 2.60 bits per heavy atom. The summed E-state index contributed by atoms with van der Waals surface area (Å²) in [5, 5.41) is 25.3. The van der Waals surface area contributed by atoms with Gasteiger partial charge in [0.25, 0.3) is 5.91 Å². The van der Waals surface area contributed by atoms with Gasteiger partial charge in [0, 0.05) is 29.3 Å². The number of hydrogen-bond donors (Lipinski definition) is 3. The molecule has 4 rings (SSSR count). The van der Waals surface area contributed by atoms with Gasteiger partial charge in [0.05, 0.1) is 23.2 Å². The van der Waals surface area contributed by atoms with E-state index in [-0.39, 0.29) is 17.9 Å². The van der Waals surface area contributed by atoms with Crippen LogP contribution in [-0.4, -0.2) is 50.2 Å². The lowest BCUT2D eigenvalue weighted by atomic mass is 9.96. The Kier molecular flexibility index (Phi) is 8.27. The maximum absolute atomic E-state index is 13.2. The third-order valence-electron chi connectivity index (χ3n) is 6.78. The molecular weight excluding hydrogens is 462 g/mol. The van der Waals surface area contributed by atoms with Crippen LogP contribution in [0.4, 0.5) is 0 Å². The van der Waals surface area contributed by atoms with Gasteiger partial charge in [-0.1, -0.05) is 33.8 Å². The Morgan fingerprint density at radius 1 is 1.26 bits per heavy atom. The number of nitrogens with one attached hydrogen (secondary N) is 1. The quantitative estimate of drug-likeness (QED) is 0.315. The number of aliphatic hydroxyl groups is 2. The number of rotatable bonds is 12. The number of benzene rings is 1. The monoisotopic (exact) mass is 499 g/mol. The van der Waals surface area contributed by atoms with E-state index >= 15 is 0 Å². The molecule has 1 fully saturated rings. The normalized spacial score (nSPS) is 19.4. The molecule has 0 bridgehead atoms. The molecule has 35 heavy (non-hydrogen) atoms. The van der Waals surface area contributed by atoms with Crippen LogP contribution in [0.3, 0.4) is 0 Å². The fourth-order valence-corrected chi connectivity index (χ4v) is 5.53. The average molecular weight is 500 g/mol. The number of ether oxygens (including phenoxy) is 1. The van der Waals surface area contributed by atoms with Crippen LogP contribution in [0.25, 0.3) is 11.0 Å². The van der Waals surface area contributed by atoms with Gasteiger partial charge in [0.2, 0.25) is 0 Å². The molecule has 3 heterocycles. The molecule has 0 spiro atoms. The van der Waals surface area contributed by atoms with Crippen LogP contribution >= 0.6 is 11.3 Å². The first kappa shape index (κ1) is 25.8. The van der Waals surface area contributed by atoms with Crippen molar-refractivity contribution in [3.8, 4) is 0 Å². The van der Waals surface area contributed by atoms with Crippen LogP contribution in [-0.2, 0) is 11.2 Å². The molecule has 190 valence electrons. The molecule has 0 aliphatic carbocycles. The number of imidazole rings is 1. The molecule has 0 saturated carbocycles. The molecule has 4 unspecified atom stereocenters. The predicted molar refractivity (Wildman–Crippen MR) is 139 cm³/mol. The summed E-state index contributed by atoms with van der Waals surface area (Å²) in [7, 11) is 0. The first-order valence-electron chi connectivity index (χ1n) is 12.7. The van der Waals surface area contributed by atoms with Crippen LogP contribution in [0.5, 0.6) is 0 Å². The molecule has 0 radical (unpaired) electrons. The SMILES string of the molecule is CCC(CC)n1c(Cc2cccs2)nc2cc(C(=O)NC(CC(C)C)C(O)CC3OC3O)ccc21. The highest BCUT2D eigenvalue weighted by molar-refractivity contribution is 7.09. The van der Waals surface area contributed by atoms with Crippen LogP contribution in [0.15, 0.2) is 35.7 Å². The number of nitrogens with zero attached hydrogens (tertiary/aromatic N) is 2. The van der Waals surface area contributed by atoms with Gasteiger partial charge in [-0.2, -0.15) is 0 Å². The zero-order valence-corrected chi connectivity index (χ0v) is 21.8. The molecule has 2 aromatic heterocycles. The topological polar surface area (TPSA) is 99.9 Å². The number of thiophene rings is 1. The minimum atomic E-state index is -0.809. The van der Waals surface area contributed by atoms with Gasteiger partial charge in [-0.25, -0.2) is 4.98 Å². The summed E-state index contributed by atoms with van der Waals surface area (Å²) in [4.78, 5) is 19.4. The number of hydrogen-bond acceptors (Lipinski definition) is 6. The highest BCUT2D eigenvalue weighted by atomic mass is 32.1. The van der Waals surface area contributed by atoms with E-state index in [1.807, 2.05) is 18.2 Å². The lowest BCUT2D eigenvalue weighted by molar-refractivity contribution is 0.0754. The highest BCUT2D eigenvalue weighted by Crippen LogP contribution is 2.29. The van der Waals surface area contributed by atoms with Crippen molar-refractivity contribution in [3.63, 3.8) is 0 Å². The molecule has 3 aromatic rings. The molecule has 1 aliphatic rings. The fourth-order valence-electron chi connectivity index (χ4n) is 4.82. The van der Waals surface area contributed by atoms with Crippen molar-refractivity contribution in [2.24, 2.45) is 5.92 Å². The zero-order chi connectivity index (χ0) is 25.1. The maximum atomic E-state index is 13.2. The molecule has 1 amide bonds. The van der Waals surface area contributed by atoms with Gasteiger partial charge in [-0.3, -0.25) is 4.79 Å². The number of aromatic nitrogens is 2. The minimum Gasteiger partial charge on any atom is -0.391 e. The van der Waals surface area contributed by atoms with E-state index < -0.39 is 18.4 Å². The van der Waals surface area contributed by atoms with E-state index in [2.05, 4.69) is 55.1 Å². The summed E-state index contributed by atoms with van der Waals surface area (Å²) >= 11 is 1.73. The molecule has 7 nitrogen and oxygen atoms in total. The molecule has 1 aliphatic heterocycles. The number of carbonyl (C=O) groups excluding carboxylic acids is 1. The second-order valence-electron chi connectivity index (χ2n) is 9.91. The van der Waals surface area contributed by atoms with E-state index in [9.17, 15) is 15.0 Å². The summed E-state index contributed by atoms with van der Waals surface area (Å²) in [6.07, 6.45) is 1.75. The molecule has 3 N–H and O–H groups in total. The Bertz CT molecular complexity index is 1120. The molecule has 8 heteroatoms. The standard InChI is InChI=1S/C27H37N3O4S/c1-5-18(6-2)30-22-10-9-17(13-20(22)28-25(30)14-19-8-7-11-35-19)26(32)29-21(12-16(3)4)23(31)15-24-27(33)34-24/h7-11,13,16,18,21,23-24,27,31,33H,5-6,12,14-15H2,1-4H3,(H,29,32). The number of aliphatic hydroxyl groups excluding tert-OH is 2.